The van der Waals surface area contributed by atoms with Crippen LogP contribution in [0, 0.1) is 11.8 Å². The lowest BCUT2D eigenvalue weighted by Crippen LogP contribution is -2.25. The monoisotopic (exact) mass is 282 g/mol. The molecule has 0 radical (unpaired) electrons. The van der Waals surface area contributed by atoms with Crippen molar-refractivity contribution in [3.8, 4) is 5.75 Å². The Kier molecular flexibility index (Phi) is 5.08. The summed E-state index contributed by atoms with van der Waals surface area (Å²) in [6.45, 7) is 8.74. The third-order valence-corrected chi connectivity index (χ3v) is 4.08. The zero-order valence-corrected chi connectivity index (χ0v) is 12.3. The van der Waals surface area contributed by atoms with Crippen molar-refractivity contribution in [2.75, 3.05) is 32.8 Å². The number of hydrogen-bond acceptors (Lipinski definition) is 3. The number of ether oxygens (including phenoxy) is 1. The van der Waals surface area contributed by atoms with Gasteiger partial charge in [-0.05, 0) is 49.5 Å². The van der Waals surface area contributed by atoms with Gasteiger partial charge in [-0.3, -0.25) is 4.90 Å². The summed E-state index contributed by atoms with van der Waals surface area (Å²) < 4.78 is 5.56. The summed E-state index contributed by atoms with van der Waals surface area (Å²) >= 11 is 0. The van der Waals surface area contributed by atoms with Gasteiger partial charge in [0.15, 0.2) is 0 Å². The van der Waals surface area contributed by atoms with E-state index in [1.165, 1.54) is 31.7 Å². The number of halogens is 1. The fourth-order valence-electron chi connectivity index (χ4n) is 3.24. The topological polar surface area (TPSA) is 24.5 Å². The average Bonchev–Trinajstić information content (AvgIpc) is 2.90. The van der Waals surface area contributed by atoms with E-state index < -0.39 is 0 Å². The Morgan fingerprint density at radius 2 is 2.00 bits per heavy atom. The minimum Gasteiger partial charge on any atom is -0.494 e. The first kappa shape index (κ1) is 14.6. The maximum absolute atomic E-state index is 5.56. The van der Waals surface area contributed by atoms with Crippen LogP contribution in [0.15, 0.2) is 24.3 Å². The summed E-state index contributed by atoms with van der Waals surface area (Å²) in [6, 6.07) is 8.51. The summed E-state index contributed by atoms with van der Waals surface area (Å²) in [7, 11) is 0. The number of hydrogen-bond donors (Lipinski definition) is 1. The number of benzene rings is 1. The van der Waals surface area contributed by atoms with Crippen molar-refractivity contribution in [1.29, 1.82) is 0 Å². The maximum atomic E-state index is 5.56. The van der Waals surface area contributed by atoms with E-state index in [0.717, 1.165) is 30.7 Å². The summed E-state index contributed by atoms with van der Waals surface area (Å²) in [4.78, 5) is 2.58. The van der Waals surface area contributed by atoms with Crippen LogP contribution < -0.4 is 10.1 Å². The molecule has 19 heavy (non-hydrogen) atoms. The molecule has 0 unspecified atom stereocenters. The van der Waals surface area contributed by atoms with Gasteiger partial charge in [0, 0.05) is 19.6 Å². The molecule has 3 rings (SSSR count). The van der Waals surface area contributed by atoms with Crippen molar-refractivity contribution >= 4 is 12.4 Å². The molecule has 0 spiro atoms. The first-order valence-corrected chi connectivity index (χ1v) is 7.00. The predicted molar refractivity (Wildman–Crippen MR) is 80.0 cm³/mol. The molecule has 0 saturated carbocycles. The normalized spacial score (nSPS) is 25.9. The Morgan fingerprint density at radius 1 is 1.26 bits per heavy atom. The van der Waals surface area contributed by atoms with Gasteiger partial charge < -0.3 is 10.1 Å². The Balaban J connectivity index is 0.00000133. The molecule has 106 valence electrons. The van der Waals surface area contributed by atoms with Crippen LogP contribution in [0.4, 0.5) is 0 Å². The third-order valence-electron chi connectivity index (χ3n) is 4.08. The Bertz CT molecular complexity index is 401. The highest BCUT2D eigenvalue weighted by Gasteiger charge is 2.35. The Hall–Kier alpha value is -0.770. The first-order valence-electron chi connectivity index (χ1n) is 7.00. The van der Waals surface area contributed by atoms with Crippen LogP contribution in [0.2, 0.25) is 0 Å². The molecule has 0 aliphatic carbocycles. The second-order valence-corrected chi connectivity index (χ2v) is 5.45. The van der Waals surface area contributed by atoms with E-state index in [-0.39, 0.29) is 12.4 Å². The fourth-order valence-corrected chi connectivity index (χ4v) is 3.24. The number of nitrogens with zero attached hydrogens (tertiary/aromatic N) is 1. The molecule has 3 nitrogen and oxygen atoms in total. The number of likely N-dealkylation sites (tertiary alicyclic amines) is 1. The quantitative estimate of drug-likeness (QED) is 0.916. The van der Waals surface area contributed by atoms with Gasteiger partial charge >= 0.3 is 0 Å². The molecule has 1 N–H and O–H groups in total. The van der Waals surface area contributed by atoms with Crippen LogP contribution in [-0.2, 0) is 6.54 Å². The van der Waals surface area contributed by atoms with E-state index in [2.05, 4.69) is 28.4 Å². The highest BCUT2D eigenvalue weighted by Crippen LogP contribution is 2.27. The standard InChI is InChI=1S/C15H22N2O.ClH/c1-2-18-15-5-3-4-12(6-15)9-17-10-13-7-16-8-14(13)11-17;/h3-6,13-14,16H,2,7-11H2,1H3;1H/t13-,14+;. The largest absolute Gasteiger partial charge is 0.494 e. The van der Waals surface area contributed by atoms with Gasteiger partial charge in [0.05, 0.1) is 6.61 Å². The van der Waals surface area contributed by atoms with Crippen LogP contribution >= 0.6 is 12.4 Å². The molecule has 2 aliphatic heterocycles. The number of rotatable bonds is 4. The Labute approximate surface area is 121 Å². The molecule has 1 aromatic carbocycles. The first-order chi connectivity index (χ1) is 8.85. The van der Waals surface area contributed by atoms with E-state index in [9.17, 15) is 0 Å². The van der Waals surface area contributed by atoms with Gasteiger partial charge in [0.25, 0.3) is 0 Å². The molecule has 0 bridgehead atoms. The zero-order valence-electron chi connectivity index (χ0n) is 11.5. The molecule has 0 amide bonds. The van der Waals surface area contributed by atoms with Gasteiger partial charge in [-0.2, -0.15) is 0 Å². The smallest absolute Gasteiger partial charge is 0.119 e. The summed E-state index contributed by atoms with van der Waals surface area (Å²) in [5.41, 5.74) is 1.37. The van der Waals surface area contributed by atoms with E-state index >= 15 is 0 Å². The van der Waals surface area contributed by atoms with Gasteiger partial charge in [-0.15, -0.1) is 12.4 Å². The lowest BCUT2D eigenvalue weighted by atomic mass is 10.0. The van der Waals surface area contributed by atoms with E-state index in [0.29, 0.717) is 0 Å². The second-order valence-electron chi connectivity index (χ2n) is 5.45. The van der Waals surface area contributed by atoms with Gasteiger partial charge in [0.1, 0.15) is 5.75 Å². The summed E-state index contributed by atoms with van der Waals surface area (Å²) in [5, 5.41) is 3.49. The predicted octanol–water partition coefficient (Wildman–Crippen LogP) is 2.16. The highest BCUT2D eigenvalue weighted by molar-refractivity contribution is 5.85. The Morgan fingerprint density at radius 3 is 2.68 bits per heavy atom. The zero-order chi connectivity index (χ0) is 12.4. The average molecular weight is 283 g/mol. The van der Waals surface area contributed by atoms with Crippen molar-refractivity contribution < 1.29 is 4.74 Å². The molecule has 4 heteroatoms. The maximum Gasteiger partial charge on any atom is 0.119 e. The van der Waals surface area contributed by atoms with Crippen molar-refractivity contribution in [2.24, 2.45) is 11.8 Å². The van der Waals surface area contributed by atoms with Crippen LogP contribution in [0.3, 0.4) is 0 Å². The second kappa shape index (κ2) is 6.60. The van der Waals surface area contributed by atoms with Gasteiger partial charge in [-0.25, -0.2) is 0 Å². The molecule has 2 saturated heterocycles. The minimum absolute atomic E-state index is 0. The third kappa shape index (κ3) is 3.41. The van der Waals surface area contributed by atoms with E-state index in [4.69, 9.17) is 4.74 Å². The van der Waals surface area contributed by atoms with Crippen LogP contribution in [0.1, 0.15) is 12.5 Å². The van der Waals surface area contributed by atoms with Crippen molar-refractivity contribution in [3.05, 3.63) is 29.8 Å². The van der Waals surface area contributed by atoms with Crippen LogP contribution in [0.5, 0.6) is 5.75 Å². The molecule has 2 heterocycles. The van der Waals surface area contributed by atoms with Crippen LogP contribution in [-0.4, -0.2) is 37.7 Å². The van der Waals surface area contributed by atoms with Crippen molar-refractivity contribution in [2.45, 2.75) is 13.5 Å². The molecule has 2 aliphatic rings. The van der Waals surface area contributed by atoms with Gasteiger partial charge in [0.2, 0.25) is 0 Å². The lowest BCUT2D eigenvalue weighted by molar-refractivity contribution is 0.303. The molecular weight excluding hydrogens is 260 g/mol. The highest BCUT2D eigenvalue weighted by atomic mass is 35.5. The summed E-state index contributed by atoms with van der Waals surface area (Å²) in [5.74, 6) is 2.75. The number of nitrogens with one attached hydrogen (secondary N) is 1. The van der Waals surface area contributed by atoms with Gasteiger partial charge in [-0.1, -0.05) is 12.1 Å². The van der Waals surface area contributed by atoms with E-state index in [1.807, 2.05) is 13.0 Å². The summed E-state index contributed by atoms with van der Waals surface area (Å²) in [6.07, 6.45) is 0. The number of fused-ring (bicyclic) bond motifs is 1. The molecular formula is C15H23ClN2O. The molecule has 2 atom stereocenters. The lowest BCUT2D eigenvalue weighted by Gasteiger charge is -2.17. The molecule has 1 aromatic rings. The molecule has 2 fully saturated rings. The van der Waals surface area contributed by atoms with Crippen molar-refractivity contribution in [1.82, 2.24) is 10.2 Å². The molecule has 0 aromatic heterocycles. The van der Waals surface area contributed by atoms with Crippen molar-refractivity contribution in [3.63, 3.8) is 0 Å². The minimum atomic E-state index is 0. The SMILES string of the molecule is CCOc1cccc(CN2C[C@H]3CNC[C@H]3C2)c1.Cl. The van der Waals surface area contributed by atoms with E-state index in [1.54, 1.807) is 0 Å². The van der Waals surface area contributed by atoms with Crippen LogP contribution in [0.25, 0.3) is 0 Å². The fraction of sp³-hybridized carbons (Fsp3) is 0.600.